The average Bonchev–Trinajstić information content (AvgIpc) is 2.39. The third kappa shape index (κ3) is 3.47. The van der Waals surface area contributed by atoms with Crippen molar-refractivity contribution < 1.29 is 9.84 Å². The van der Waals surface area contributed by atoms with Crippen LogP contribution in [0.5, 0.6) is 5.75 Å². The van der Waals surface area contributed by atoms with Gasteiger partial charge >= 0.3 is 0 Å². The molecule has 0 amide bonds. The number of benzene rings is 1. The number of halogens is 2. The predicted octanol–water partition coefficient (Wildman–Crippen LogP) is 3.98. The maximum absolute atomic E-state index is 10.4. The monoisotopic (exact) mass is 341 g/mol. The van der Waals surface area contributed by atoms with E-state index in [2.05, 4.69) is 20.9 Å². The van der Waals surface area contributed by atoms with E-state index in [0.717, 1.165) is 10.0 Å². The first-order valence-corrected chi connectivity index (χ1v) is 6.99. The highest BCUT2D eigenvalue weighted by molar-refractivity contribution is 9.10. The van der Waals surface area contributed by atoms with Gasteiger partial charge < -0.3 is 9.84 Å². The van der Waals surface area contributed by atoms with Gasteiger partial charge in [-0.3, -0.25) is 4.98 Å². The number of pyridine rings is 1. The molecule has 0 aliphatic heterocycles. The molecule has 0 bridgehead atoms. The zero-order valence-electron chi connectivity index (χ0n) is 10.3. The molecule has 100 valence electrons. The van der Waals surface area contributed by atoms with E-state index in [0.29, 0.717) is 22.9 Å². The summed E-state index contributed by atoms with van der Waals surface area (Å²) >= 11 is 9.29. The largest absolute Gasteiger partial charge is 0.492 e. The van der Waals surface area contributed by atoms with Gasteiger partial charge in [0, 0.05) is 21.3 Å². The first-order chi connectivity index (χ1) is 9.11. The van der Waals surface area contributed by atoms with Crippen LogP contribution in [0.15, 0.2) is 41.1 Å². The molecule has 1 heterocycles. The summed E-state index contributed by atoms with van der Waals surface area (Å²) in [6, 6.07) is 7.05. The highest BCUT2D eigenvalue weighted by atomic mass is 79.9. The molecule has 1 N–H and O–H groups in total. The maximum atomic E-state index is 10.4. The second-order valence-electron chi connectivity index (χ2n) is 3.96. The molecule has 0 fully saturated rings. The minimum atomic E-state index is -0.778. The molecule has 1 unspecified atom stereocenters. The maximum Gasteiger partial charge on any atom is 0.137 e. The van der Waals surface area contributed by atoms with Crippen molar-refractivity contribution in [1.29, 1.82) is 0 Å². The Bertz CT molecular complexity index is 577. The van der Waals surface area contributed by atoms with E-state index >= 15 is 0 Å². The second-order valence-corrected chi connectivity index (χ2v) is 5.25. The number of aliphatic hydroxyl groups excluding tert-OH is 1. The Balaban J connectivity index is 2.32. The van der Waals surface area contributed by atoms with Gasteiger partial charge in [0.15, 0.2) is 0 Å². The van der Waals surface area contributed by atoms with Crippen molar-refractivity contribution in [2.75, 3.05) is 6.61 Å². The van der Waals surface area contributed by atoms with Crippen LogP contribution in [0, 0.1) is 0 Å². The second kappa shape index (κ2) is 6.37. The Morgan fingerprint density at radius 3 is 2.84 bits per heavy atom. The Labute approximate surface area is 125 Å². The van der Waals surface area contributed by atoms with E-state index < -0.39 is 6.10 Å². The fourth-order valence-electron chi connectivity index (χ4n) is 1.73. The molecule has 2 rings (SSSR count). The van der Waals surface area contributed by atoms with E-state index in [4.69, 9.17) is 16.3 Å². The molecule has 1 aromatic carbocycles. The summed E-state index contributed by atoms with van der Waals surface area (Å²) in [5, 5.41) is 11.0. The summed E-state index contributed by atoms with van der Waals surface area (Å²) in [6.07, 6.45) is 2.46. The van der Waals surface area contributed by atoms with E-state index in [1.54, 1.807) is 36.7 Å². The van der Waals surface area contributed by atoms with Gasteiger partial charge in [-0.15, -0.1) is 0 Å². The number of hydrogen-bond acceptors (Lipinski definition) is 3. The first-order valence-electron chi connectivity index (χ1n) is 5.82. The van der Waals surface area contributed by atoms with Gasteiger partial charge in [-0.05, 0) is 30.7 Å². The molecule has 0 saturated heterocycles. The van der Waals surface area contributed by atoms with Crippen LogP contribution in [0.2, 0.25) is 5.02 Å². The third-order valence-corrected chi connectivity index (χ3v) is 3.54. The van der Waals surface area contributed by atoms with Crippen molar-refractivity contribution in [2.24, 2.45) is 0 Å². The fourth-order valence-corrected chi connectivity index (χ4v) is 2.63. The van der Waals surface area contributed by atoms with Gasteiger partial charge in [-0.2, -0.15) is 0 Å². The van der Waals surface area contributed by atoms with Crippen LogP contribution in [-0.4, -0.2) is 16.7 Å². The summed E-state index contributed by atoms with van der Waals surface area (Å²) < 4.78 is 6.13. The molecule has 2 aromatic rings. The number of aromatic nitrogens is 1. The molecule has 3 nitrogen and oxygen atoms in total. The molecule has 0 spiro atoms. The number of nitrogens with zero attached hydrogens (tertiary/aromatic N) is 1. The molecule has 19 heavy (non-hydrogen) atoms. The Kier molecular flexibility index (Phi) is 4.80. The van der Waals surface area contributed by atoms with Gasteiger partial charge in [0.05, 0.1) is 12.8 Å². The van der Waals surface area contributed by atoms with Crippen LogP contribution in [0.25, 0.3) is 0 Å². The smallest absolute Gasteiger partial charge is 0.137 e. The Hall–Kier alpha value is -1.10. The van der Waals surface area contributed by atoms with Crippen molar-refractivity contribution in [3.05, 3.63) is 57.3 Å². The zero-order valence-corrected chi connectivity index (χ0v) is 12.6. The van der Waals surface area contributed by atoms with Gasteiger partial charge in [0.2, 0.25) is 0 Å². The molecule has 0 saturated carbocycles. The van der Waals surface area contributed by atoms with Crippen LogP contribution in [-0.2, 0) is 0 Å². The summed E-state index contributed by atoms with van der Waals surface area (Å²) in [7, 11) is 0. The summed E-state index contributed by atoms with van der Waals surface area (Å²) in [4.78, 5) is 4.07. The lowest BCUT2D eigenvalue weighted by Gasteiger charge is -2.14. The van der Waals surface area contributed by atoms with Crippen LogP contribution in [0.3, 0.4) is 0 Å². The van der Waals surface area contributed by atoms with Crippen LogP contribution in [0.4, 0.5) is 0 Å². The third-order valence-electron chi connectivity index (χ3n) is 2.62. The zero-order chi connectivity index (χ0) is 13.8. The lowest BCUT2D eigenvalue weighted by Crippen LogP contribution is -2.02. The first kappa shape index (κ1) is 14.3. The number of ether oxygens (including phenoxy) is 1. The van der Waals surface area contributed by atoms with Gasteiger partial charge in [0.25, 0.3) is 0 Å². The molecule has 0 radical (unpaired) electrons. The highest BCUT2D eigenvalue weighted by Crippen LogP contribution is 2.31. The van der Waals surface area contributed by atoms with Crippen molar-refractivity contribution >= 4 is 27.5 Å². The molecule has 1 aromatic heterocycles. The molecular formula is C14H13BrClNO2. The van der Waals surface area contributed by atoms with Gasteiger partial charge in [-0.25, -0.2) is 0 Å². The van der Waals surface area contributed by atoms with Crippen molar-refractivity contribution in [1.82, 2.24) is 4.98 Å². The topological polar surface area (TPSA) is 42.4 Å². The van der Waals surface area contributed by atoms with Crippen LogP contribution < -0.4 is 4.74 Å². The van der Waals surface area contributed by atoms with Crippen LogP contribution >= 0.6 is 27.5 Å². The average molecular weight is 343 g/mol. The number of rotatable bonds is 4. The summed E-state index contributed by atoms with van der Waals surface area (Å²) in [5.41, 5.74) is 1.41. The SMILES string of the molecule is CCOc1cncc(C(O)c2ccc(Cl)cc2Br)c1. The van der Waals surface area contributed by atoms with Gasteiger partial charge in [0.1, 0.15) is 11.9 Å². The molecule has 5 heteroatoms. The van der Waals surface area contributed by atoms with Crippen molar-refractivity contribution in [3.63, 3.8) is 0 Å². The number of aliphatic hydroxyl groups is 1. The lowest BCUT2D eigenvalue weighted by molar-refractivity contribution is 0.218. The van der Waals surface area contributed by atoms with E-state index in [1.807, 2.05) is 6.92 Å². The standard InChI is InChI=1S/C14H13BrClNO2/c1-2-19-11-5-9(7-17-8-11)14(18)12-4-3-10(16)6-13(12)15/h3-8,14,18H,2H2,1H3. The van der Waals surface area contributed by atoms with Crippen LogP contribution in [0.1, 0.15) is 24.2 Å². The lowest BCUT2D eigenvalue weighted by atomic mass is 10.0. The molecular weight excluding hydrogens is 330 g/mol. The van der Waals surface area contributed by atoms with E-state index in [-0.39, 0.29) is 0 Å². The normalized spacial score (nSPS) is 12.2. The minimum Gasteiger partial charge on any atom is -0.492 e. The number of hydrogen-bond donors (Lipinski definition) is 1. The molecule has 1 atom stereocenters. The van der Waals surface area contributed by atoms with Crippen molar-refractivity contribution in [2.45, 2.75) is 13.0 Å². The fraction of sp³-hybridized carbons (Fsp3) is 0.214. The Morgan fingerprint density at radius 1 is 1.37 bits per heavy atom. The predicted molar refractivity (Wildman–Crippen MR) is 78.6 cm³/mol. The highest BCUT2D eigenvalue weighted by Gasteiger charge is 2.15. The van der Waals surface area contributed by atoms with Crippen molar-refractivity contribution in [3.8, 4) is 5.75 Å². The minimum absolute atomic E-state index is 0.561. The van der Waals surface area contributed by atoms with E-state index in [9.17, 15) is 5.11 Å². The Morgan fingerprint density at radius 2 is 2.16 bits per heavy atom. The quantitative estimate of drug-likeness (QED) is 0.914. The van der Waals surface area contributed by atoms with Gasteiger partial charge in [-0.1, -0.05) is 33.6 Å². The molecule has 0 aliphatic carbocycles. The summed E-state index contributed by atoms with van der Waals surface area (Å²) in [6.45, 7) is 2.46. The molecule has 0 aliphatic rings. The van der Waals surface area contributed by atoms with E-state index in [1.165, 1.54) is 0 Å². The summed E-state index contributed by atoms with van der Waals surface area (Å²) in [5.74, 6) is 0.643.